The van der Waals surface area contributed by atoms with Crippen LogP contribution in [0.4, 0.5) is 0 Å². The first-order chi connectivity index (χ1) is 5.24. The van der Waals surface area contributed by atoms with Gasteiger partial charge in [-0.15, -0.1) is 0 Å². The van der Waals surface area contributed by atoms with Crippen LogP contribution < -0.4 is 5.32 Å². The molecule has 1 fully saturated rings. The Kier molecular flexibility index (Phi) is 5.57. The zero-order chi connectivity index (χ0) is 8.74. The first-order valence-electron chi connectivity index (χ1n) is 4.95. The lowest BCUT2D eigenvalue weighted by Gasteiger charge is -2.41. The fourth-order valence-electron chi connectivity index (χ4n) is 1.23. The van der Waals surface area contributed by atoms with Crippen LogP contribution in [0.2, 0.25) is 0 Å². The molecule has 0 spiro atoms. The second kappa shape index (κ2) is 5.59. The van der Waals surface area contributed by atoms with Crippen LogP contribution >= 0.6 is 0 Å². The number of hydrogen-bond acceptors (Lipinski definition) is 1. The van der Waals surface area contributed by atoms with Crippen molar-refractivity contribution in [1.82, 2.24) is 5.32 Å². The molecular formula is C10H23N. The van der Waals surface area contributed by atoms with E-state index in [0.29, 0.717) is 5.41 Å². The van der Waals surface area contributed by atoms with Crippen molar-refractivity contribution in [2.24, 2.45) is 5.41 Å². The van der Waals surface area contributed by atoms with E-state index in [-0.39, 0.29) is 0 Å². The second-order valence-electron chi connectivity index (χ2n) is 3.52. The molecule has 11 heavy (non-hydrogen) atoms. The van der Waals surface area contributed by atoms with Gasteiger partial charge >= 0.3 is 0 Å². The highest BCUT2D eigenvalue weighted by Crippen LogP contribution is 2.29. The largest absolute Gasteiger partial charge is 0.316 e. The molecule has 1 saturated heterocycles. The van der Waals surface area contributed by atoms with E-state index in [1.807, 2.05) is 0 Å². The lowest BCUT2D eigenvalue weighted by molar-refractivity contribution is 0.154. The molecule has 1 nitrogen and oxygen atoms in total. The van der Waals surface area contributed by atoms with E-state index >= 15 is 0 Å². The lowest BCUT2D eigenvalue weighted by atomic mass is 9.77. The maximum absolute atomic E-state index is 3.30. The predicted molar refractivity (Wildman–Crippen MR) is 51.8 cm³/mol. The number of nitrogens with one attached hydrogen (secondary N) is 1. The molecule has 0 radical (unpaired) electrons. The highest BCUT2D eigenvalue weighted by Gasteiger charge is 2.32. The third-order valence-corrected chi connectivity index (χ3v) is 2.50. The molecule has 0 aliphatic carbocycles. The Morgan fingerprint density at radius 2 is 1.36 bits per heavy atom. The van der Waals surface area contributed by atoms with Crippen LogP contribution in [-0.4, -0.2) is 13.1 Å². The van der Waals surface area contributed by atoms with E-state index in [1.165, 1.54) is 32.4 Å². The molecule has 68 valence electrons. The van der Waals surface area contributed by atoms with Crippen LogP contribution in [-0.2, 0) is 0 Å². The fourth-order valence-corrected chi connectivity index (χ4v) is 1.23. The van der Waals surface area contributed by atoms with Gasteiger partial charge in [-0.25, -0.2) is 0 Å². The van der Waals surface area contributed by atoms with Gasteiger partial charge in [0.25, 0.3) is 0 Å². The predicted octanol–water partition coefficient (Wildman–Crippen LogP) is 2.81. The van der Waals surface area contributed by atoms with Gasteiger partial charge in [0, 0.05) is 13.1 Å². The number of rotatable bonds is 2. The molecule has 1 heteroatoms. The van der Waals surface area contributed by atoms with Crippen molar-refractivity contribution in [3.63, 3.8) is 0 Å². The Morgan fingerprint density at radius 3 is 1.36 bits per heavy atom. The summed E-state index contributed by atoms with van der Waals surface area (Å²) in [5.41, 5.74) is 0.694. The fraction of sp³-hybridized carbons (Fsp3) is 1.00. The van der Waals surface area contributed by atoms with E-state index < -0.39 is 0 Å². The molecule has 1 aliphatic heterocycles. The van der Waals surface area contributed by atoms with Crippen molar-refractivity contribution >= 4 is 0 Å². The lowest BCUT2D eigenvalue weighted by Crippen LogP contribution is -2.52. The van der Waals surface area contributed by atoms with Crippen molar-refractivity contribution < 1.29 is 0 Å². The molecule has 0 aromatic rings. The normalized spacial score (nSPS) is 19.6. The zero-order valence-corrected chi connectivity index (χ0v) is 8.54. The van der Waals surface area contributed by atoms with E-state index in [0.717, 1.165) is 0 Å². The van der Waals surface area contributed by atoms with E-state index in [4.69, 9.17) is 0 Å². The summed E-state index contributed by atoms with van der Waals surface area (Å²) in [7, 11) is 0. The maximum atomic E-state index is 3.30. The summed E-state index contributed by atoms with van der Waals surface area (Å²) >= 11 is 0. The van der Waals surface area contributed by atoms with Crippen LogP contribution in [0.5, 0.6) is 0 Å². The molecule has 0 aromatic carbocycles. The molecule has 1 heterocycles. The van der Waals surface area contributed by atoms with Gasteiger partial charge in [0.05, 0.1) is 0 Å². The van der Waals surface area contributed by atoms with Crippen molar-refractivity contribution in [2.45, 2.75) is 47.0 Å². The van der Waals surface area contributed by atoms with Crippen LogP contribution in [0.3, 0.4) is 0 Å². The Hall–Kier alpha value is -0.0400. The molecule has 0 saturated carbocycles. The van der Waals surface area contributed by atoms with E-state index in [2.05, 4.69) is 33.0 Å². The summed E-state index contributed by atoms with van der Waals surface area (Å²) in [6.07, 6.45) is 3.94. The Bertz CT molecular complexity index is 71.4. The van der Waals surface area contributed by atoms with Gasteiger partial charge in [-0.2, -0.15) is 0 Å². The average Bonchev–Trinajstić information content (AvgIpc) is 1.90. The monoisotopic (exact) mass is 157 g/mol. The SMILES string of the molecule is CCC.CCC1(CC)CNC1. The van der Waals surface area contributed by atoms with Crippen molar-refractivity contribution in [2.75, 3.05) is 13.1 Å². The van der Waals surface area contributed by atoms with E-state index in [9.17, 15) is 0 Å². The molecule has 1 rings (SSSR count). The molecule has 0 amide bonds. The minimum atomic E-state index is 0.694. The van der Waals surface area contributed by atoms with Crippen LogP contribution in [0.15, 0.2) is 0 Å². The first kappa shape index (κ1) is 11.0. The van der Waals surface area contributed by atoms with Gasteiger partial charge in [0.1, 0.15) is 0 Å². The Balaban J connectivity index is 0.000000292. The van der Waals surface area contributed by atoms with Gasteiger partial charge in [0.2, 0.25) is 0 Å². The average molecular weight is 157 g/mol. The minimum Gasteiger partial charge on any atom is -0.316 e. The quantitative estimate of drug-likeness (QED) is 0.650. The Labute approximate surface area is 71.6 Å². The van der Waals surface area contributed by atoms with Crippen molar-refractivity contribution in [1.29, 1.82) is 0 Å². The second-order valence-corrected chi connectivity index (χ2v) is 3.52. The van der Waals surface area contributed by atoms with E-state index in [1.54, 1.807) is 0 Å². The zero-order valence-electron chi connectivity index (χ0n) is 8.54. The summed E-state index contributed by atoms with van der Waals surface area (Å²) in [5.74, 6) is 0. The molecule has 1 N–H and O–H groups in total. The summed E-state index contributed by atoms with van der Waals surface area (Å²) in [5, 5.41) is 3.30. The van der Waals surface area contributed by atoms with Gasteiger partial charge in [-0.1, -0.05) is 34.1 Å². The maximum Gasteiger partial charge on any atom is 0.00200 e. The molecule has 0 atom stereocenters. The van der Waals surface area contributed by atoms with Gasteiger partial charge in [-0.3, -0.25) is 0 Å². The molecular weight excluding hydrogens is 134 g/mol. The minimum absolute atomic E-state index is 0.694. The summed E-state index contributed by atoms with van der Waals surface area (Å²) in [6, 6.07) is 0. The van der Waals surface area contributed by atoms with Crippen LogP contribution in [0.25, 0.3) is 0 Å². The third-order valence-electron chi connectivity index (χ3n) is 2.50. The Morgan fingerprint density at radius 1 is 1.00 bits per heavy atom. The molecule has 0 unspecified atom stereocenters. The topological polar surface area (TPSA) is 12.0 Å². The van der Waals surface area contributed by atoms with Crippen LogP contribution in [0, 0.1) is 5.41 Å². The number of hydrogen-bond donors (Lipinski definition) is 1. The molecule has 0 bridgehead atoms. The third kappa shape index (κ3) is 3.24. The van der Waals surface area contributed by atoms with Gasteiger partial charge in [0.15, 0.2) is 0 Å². The highest BCUT2D eigenvalue weighted by atomic mass is 15.0. The van der Waals surface area contributed by atoms with Gasteiger partial charge < -0.3 is 5.32 Å². The summed E-state index contributed by atoms with van der Waals surface area (Å²) < 4.78 is 0. The smallest absolute Gasteiger partial charge is 0.00200 e. The standard InChI is InChI=1S/C7H15N.C3H8/c1-3-7(4-2)5-8-6-7;1-3-2/h8H,3-6H2,1-2H3;3H2,1-2H3. The highest BCUT2D eigenvalue weighted by molar-refractivity contribution is 4.89. The molecule has 0 aromatic heterocycles. The first-order valence-corrected chi connectivity index (χ1v) is 4.95. The van der Waals surface area contributed by atoms with Crippen molar-refractivity contribution in [3.05, 3.63) is 0 Å². The van der Waals surface area contributed by atoms with Crippen LogP contribution in [0.1, 0.15) is 47.0 Å². The summed E-state index contributed by atoms with van der Waals surface area (Å²) in [4.78, 5) is 0. The molecule has 1 aliphatic rings. The van der Waals surface area contributed by atoms with Gasteiger partial charge in [-0.05, 0) is 18.3 Å². The summed E-state index contributed by atoms with van der Waals surface area (Å²) in [6.45, 7) is 11.3. The van der Waals surface area contributed by atoms with Crippen molar-refractivity contribution in [3.8, 4) is 0 Å².